The van der Waals surface area contributed by atoms with Crippen molar-refractivity contribution in [3.05, 3.63) is 40.4 Å². The Kier molecular flexibility index (Phi) is 2.15. The molecule has 0 saturated carbocycles. The van der Waals surface area contributed by atoms with Gasteiger partial charge in [0.15, 0.2) is 0 Å². The fraction of sp³-hybridized carbons (Fsp3) is 0.200. The monoisotopic (exact) mass is 180 g/mol. The predicted octanol–water partition coefficient (Wildman–Crippen LogP) is 2.75. The summed E-state index contributed by atoms with van der Waals surface area (Å²) in [6.07, 6.45) is 2.14. The third-order valence-electron chi connectivity index (χ3n) is 1.82. The molecule has 1 aliphatic heterocycles. The Bertz CT molecular complexity index is 294. The van der Waals surface area contributed by atoms with E-state index < -0.39 is 0 Å². The van der Waals surface area contributed by atoms with Crippen molar-refractivity contribution < 1.29 is 4.74 Å². The smallest absolute Gasteiger partial charge is 0.0706 e. The van der Waals surface area contributed by atoms with Crippen LogP contribution in [-0.4, -0.2) is 13.2 Å². The molecule has 62 valence electrons. The lowest BCUT2D eigenvalue weighted by molar-refractivity contribution is 0.105. The van der Waals surface area contributed by atoms with E-state index in [0.29, 0.717) is 0 Å². The van der Waals surface area contributed by atoms with Crippen molar-refractivity contribution in [3.63, 3.8) is 0 Å². The minimum Gasteiger partial charge on any atom is -0.373 e. The van der Waals surface area contributed by atoms with Gasteiger partial charge in [-0.1, -0.05) is 29.8 Å². The highest BCUT2D eigenvalue weighted by molar-refractivity contribution is 6.30. The van der Waals surface area contributed by atoms with Crippen molar-refractivity contribution >= 4 is 17.7 Å². The van der Waals surface area contributed by atoms with Gasteiger partial charge in [-0.3, -0.25) is 0 Å². The molecule has 0 bridgehead atoms. The van der Waals surface area contributed by atoms with Crippen molar-refractivity contribution in [1.82, 2.24) is 0 Å². The van der Waals surface area contributed by atoms with Crippen LogP contribution < -0.4 is 0 Å². The Labute approximate surface area is 76.6 Å². The Balaban J connectivity index is 2.18. The summed E-state index contributed by atoms with van der Waals surface area (Å²) in [5.74, 6) is 0. The molecule has 1 nitrogen and oxygen atoms in total. The van der Waals surface area contributed by atoms with Crippen LogP contribution in [0, 0.1) is 0 Å². The highest BCUT2D eigenvalue weighted by Gasteiger charge is 2.07. The van der Waals surface area contributed by atoms with Crippen molar-refractivity contribution in [1.29, 1.82) is 0 Å². The topological polar surface area (TPSA) is 9.23 Å². The van der Waals surface area contributed by atoms with Crippen molar-refractivity contribution in [2.24, 2.45) is 0 Å². The molecule has 2 rings (SSSR count). The molecule has 0 aliphatic carbocycles. The molecule has 0 atom stereocenters. The molecule has 0 radical (unpaired) electrons. The van der Waals surface area contributed by atoms with Crippen LogP contribution in [0.1, 0.15) is 5.56 Å². The van der Waals surface area contributed by atoms with Gasteiger partial charge < -0.3 is 4.74 Å². The number of benzene rings is 1. The van der Waals surface area contributed by atoms with E-state index in [9.17, 15) is 0 Å². The Morgan fingerprint density at radius 1 is 1.17 bits per heavy atom. The van der Waals surface area contributed by atoms with E-state index >= 15 is 0 Å². The van der Waals surface area contributed by atoms with Crippen LogP contribution in [0.25, 0.3) is 6.08 Å². The first-order valence-electron chi connectivity index (χ1n) is 3.87. The normalized spacial score (nSPS) is 15.6. The number of halogens is 1. The molecule has 0 unspecified atom stereocenters. The third-order valence-corrected chi connectivity index (χ3v) is 2.07. The molecular weight excluding hydrogens is 172 g/mol. The molecule has 2 heteroatoms. The van der Waals surface area contributed by atoms with Crippen LogP contribution in [-0.2, 0) is 4.74 Å². The minimum absolute atomic E-state index is 0.780. The number of hydrogen-bond acceptors (Lipinski definition) is 1. The Morgan fingerprint density at radius 3 is 2.33 bits per heavy atom. The molecule has 1 aromatic rings. The molecule has 1 fully saturated rings. The highest BCUT2D eigenvalue weighted by atomic mass is 35.5. The fourth-order valence-electron chi connectivity index (χ4n) is 1.10. The maximum Gasteiger partial charge on any atom is 0.0706 e. The second-order valence-corrected chi connectivity index (χ2v) is 3.28. The van der Waals surface area contributed by atoms with Gasteiger partial charge in [-0.15, -0.1) is 0 Å². The summed E-state index contributed by atoms with van der Waals surface area (Å²) in [5, 5.41) is 0.780. The third kappa shape index (κ3) is 1.68. The standard InChI is InChI=1S/C10H9ClO/c11-10-3-1-8(2-4-10)5-9-6-12-7-9/h1-5H,6-7H2. The van der Waals surface area contributed by atoms with E-state index in [1.165, 1.54) is 11.1 Å². The first-order valence-corrected chi connectivity index (χ1v) is 4.25. The zero-order valence-electron chi connectivity index (χ0n) is 6.59. The second kappa shape index (κ2) is 3.30. The molecule has 1 heterocycles. The predicted molar refractivity (Wildman–Crippen MR) is 50.2 cm³/mol. The number of rotatable bonds is 1. The average Bonchev–Trinajstić information content (AvgIpc) is 2.00. The van der Waals surface area contributed by atoms with E-state index in [4.69, 9.17) is 16.3 Å². The molecule has 0 spiro atoms. The second-order valence-electron chi connectivity index (χ2n) is 2.85. The van der Waals surface area contributed by atoms with Gasteiger partial charge in [0, 0.05) is 5.02 Å². The summed E-state index contributed by atoms with van der Waals surface area (Å²) in [7, 11) is 0. The first-order chi connectivity index (χ1) is 5.84. The maximum atomic E-state index is 5.75. The molecule has 0 aromatic heterocycles. The van der Waals surface area contributed by atoms with Crippen LogP contribution in [0.3, 0.4) is 0 Å². The molecule has 0 N–H and O–H groups in total. The number of hydrogen-bond donors (Lipinski definition) is 0. The Morgan fingerprint density at radius 2 is 1.83 bits per heavy atom. The summed E-state index contributed by atoms with van der Waals surface area (Å²) in [4.78, 5) is 0. The van der Waals surface area contributed by atoms with Crippen molar-refractivity contribution in [3.8, 4) is 0 Å². The van der Waals surface area contributed by atoms with Crippen molar-refractivity contribution in [2.75, 3.05) is 13.2 Å². The van der Waals surface area contributed by atoms with E-state index in [-0.39, 0.29) is 0 Å². The van der Waals surface area contributed by atoms with E-state index in [2.05, 4.69) is 6.08 Å². The van der Waals surface area contributed by atoms with Gasteiger partial charge in [-0.2, -0.15) is 0 Å². The lowest BCUT2D eigenvalue weighted by atomic mass is 10.1. The first kappa shape index (κ1) is 7.84. The average molecular weight is 181 g/mol. The van der Waals surface area contributed by atoms with E-state index in [1.807, 2.05) is 24.3 Å². The maximum absolute atomic E-state index is 5.75. The highest BCUT2D eigenvalue weighted by Crippen LogP contribution is 2.16. The van der Waals surface area contributed by atoms with Crippen LogP contribution in [0.4, 0.5) is 0 Å². The van der Waals surface area contributed by atoms with Gasteiger partial charge in [0.25, 0.3) is 0 Å². The number of ether oxygens (including phenoxy) is 1. The van der Waals surface area contributed by atoms with Crippen LogP contribution in [0.5, 0.6) is 0 Å². The van der Waals surface area contributed by atoms with Gasteiger partial charge in [-0.25, -0.2) is 0 Å². The lowest BCUT2D eigenvalue weighted by Crippen LogP contribution is -2.15. The van der Waals surface area contributed by atoms with Gasteiger partial charge >= 0.3 is 0 Å². The van der Waals surface area contributed by atoms with Gasteiger partial charge in [0.2, 0.25) is 0 Å². The van der Waals surface area contributed by atoms with Crippen molar-refractivity contribution in [2.45, 2.75) is 0 Å². The van der Waals surface area contributed by atoms with Gasteiger partial charge in [0.05, 0.1) is 13.2 Å². The summed E-state index contributed by atoms with van der Waals surface area (Å²) in [5.41, 5.74) is 2.54. The summed E-state index contributed by atoms with van der Waals surface area (Å²) < 4.78 is 5.04. The SMILES string of the molecule is Clc1ccc(C=C2COC2)cc1. The van der Waals surface area contributed by atoms with Crippen LogP contribution in [0.15, 0.2) is 29.8 Å². The molecule has 1 aliphatic rings. The molecule has 0 amide bonds. The zero-order valence-corrected chi connectivity index (χ0v) is 7.34. The van der Waals surface area contributed by atoms with Crippen LogP contribution >= 0.6 is 11.6 Å². The van der Waals surface area contributed by atoms with E-state index in [1.54, 1.807) is 0 Å². The fourth-order valence-corrected chi connectivity index (χ4v) is 1.22. The van der Waals surface area contributed by atoms with E-state index in [0.717, 1.165) is 18.2 Å². The van der Waals surface area contributed by atoms with Gasteiger partial charge in [-0.05, 0) is 23.3 Å². The molecular formula is C10H9ClO. The zero-order chi connectivity index (χ0) is 8.39. The lowest BCUT2D eigenvalue weighted by Gasteiger charge is -2.17. The summed E-state index contributed by atoms with van der Waals surface area (Å²) >= 11 is 5.75. The molecule has 12 heavy (non-hydrogen) atoms. The Hall–Kier alpha value is -0.790. The minimum atomic E-state index is 0.780. The summed E-state index contributed by atoms with van der Waals surface area (Å²) in [6.45, 7) is 1.56. The molecule has 1 saturated heterocycles. The van der Waals surface area contributed by atoms with Gasteiger partial charge in [0.1, 0.15) is 0 Å². The quantitative estimate of drug-likeness (QED) is 0.646. The summed E-state index contributed by atoms with van der Waals surface area (Å²) in [6, 6.07) is 7.81. The van der Waals surface area contributed by atoms with Crippen LogP contribution in [0.2, 0.25) is 5.02 Å². The largest absolute Gasteiger partial charge is 0.373 e. The molecule has 1 aromatic carbocycles.